The summed E-state index contributed by atoms with van der Waals surface area (Å²) in [6.07, 6.45) is 8.29. The Morgan fingerprint density at radius 2 is 1.92 bits per heavy atom. The fourth-order valence-corrected chi connectivity index (χ4v) is 3.98. The van der Waals surface area contributed by atoms with Gasteiger partial charge in [-0.2, -0.15) is 4.98 Å². The summed E-state index contributed by atoms with van der Waals surface area (Å²) >= 11 is 0. The van der Waals surface area contributed by atoms with Crippen molar-refractivity contribution in [1.82, 2.24) is 19.9 Å². The lowest BCUT2D eigenvalue weighted by molar-refractivity contribution is -0.137. The van der Waals surface area contributed by atoms with E-state index in [0.29, 0.717) is 50.1 Å². The highest BCUT2D eigenvalue weighted by Gasteiger charge is 2.36. The Balaban J connectivity index is 1.20. The zero-order valence-electron chi connectivity index (χ0n) is 15.5. The van der Waals surface area contributed by atoms with Crippen LogP contribution in [0.2, 0.25) is 0 Å². The predicted molar refractivity (Wildman–Crippen MR) is 94.3 cm³/mol. The minimum absolute atomic E-state index is 0.162. The van der Waals surface area contributed by atoms with Crippen molar-refractivity contribution in [2.24, 2.45) is 11.8 Å². The average Bonchev–Trinajstić information content (AvgIpc) is 3.12. The van der Waals surface area contributed by atoms with Gasteiger partial charge in [0.15, 0.2) is 5.82 Å². The molecule has 2 heterocycles. The van der Waals surface area contributed by atoms with Crippen LogP contribution in [0.3, 0.4) is 0 Å². The van der Waals surface area contributed by atoms with Crippen molar-refractivity contribution in [3.63, 3.8) is 0 Å². The van der Waals surface area contributed by atoms with Crippen LogP contribution in [0.5, 0.6) is 0 Å². The summed E-state index contributed by atoms with van der Waals surface area (Å²) in [6.45, 7) is 1.99. The summed E-state index contributed by atoms with van der Waals surface area (Å²) in [5.41, 5.74) is 0. The molecule has 1 aromatic rings. The van der Waals surface area contributed by atoms with Crippen LogP contribution in [0.15, 0.2) is 4.52 Å². The van der Waals surface area contributed by atoms with Crippen LogP contribution < -0.4 is 0 Å². The summed E-state index contributed by atoms with van der Waals surface area (Å²) < 4.78 is 5.38. The van der Waals surface area contributed by atoms with Crippen LogP contribution in [0.4, 0.5) is 0 Å². The maximum absolute atomic E-state index is 12.3. The fraction of sp³-hybridized carbons (Fsp3) is 0.789. The Morgan fingerprint density at radius 3 is 2.62 bits per heavy atom. The molecule has 3 aliphatic rings. The Labute approximate surface area is 154 Å². The van der Waals surface area contributed by atoms with Crippen molar-refractivity contribution < 1.29 is 14.1 Å². The van der Waals surface area contributed by atoms with Gasteiger partial charge in [0, 0.05) is 45.4 Å². The largest absolute Gasteiger partial charge is 0.345 e. The third kappa shape index (κ3) is 3.91. The van der Waals surface area contributed by atoms with Gasteiger partial charge >= 0.3 is 0 Å². The number of aromatic nitrogens is 2. The summed E-state index contributed by atoms with van der Waals surface area (Å²) in [4.78, 5) is 32.4. The van der Waals surface area contributed by atoms with Crippen LogP contribution in [-0.4, -0.2) is 58.4 Å². The van der Waals surface area contributed by atoms with Gasteiger partial charge in [0.2, 0.25) is 17.7 Å². The van der Waals surface area contributed by atoms with Crippen LogP contribution in [0.25, 0.3) is 0 Å². The van der Waals surface area contributed by atoms with Gasteiger partial charge in [-0.15, -0.1) is 0 Å². The van der Waals surface area contributed by atoms with E-state index in [1.165, 1.54) is 25.7 Å². The first-order valence-electron chi connectivity index (χ1n) is 9.95. The third-order valence-corrected chi connectivity index (χ3v) is 5.98. The second kappa shape index (κ2) is 7.37. The molecule has 0 aromatic carbocycles. The Kier molecular flexibility index (Phi) is 4.96. The number of nitrogens with zero attached hydrogens (tertiary/aromatic N) is 4. The minimum Gasteiger partial charge on any atom is -0.345 e. The van der Waals surface area contributed by atoms with E-state index < -0.39 is 0 Å². The molecule has 1 saturated heterocycles. The predicted octanol–water partition coefficient (Wildman–Crippen LogP) is 1.99. The van der Waals surface area contributed by atoms with Crippen LogP contribution in [-0.2, 0) is 16.0 Å². The van der Waals surface area contributed by atoms with Gasteiger partial charge in [-0.1, -0.05) is 18.0 Å². The molecule has 0 radical (unpaired) electrons. The van der Waals surface area contributed by atoms with E-state index >= 15 is 0 Å². The molecule has 4 rings (SSSR count). The monoisotopic (exact) mass is 360 g/mol. The van der Waals surface area contributed by atoms with Gasteiger partial charge in [0.1, 0.15) is 0 Å². The van der Waals surface area contributed by atoms with Gasteiger partial charge < -0.3 is 14.3 Å². The first-order chi connectivity index (χ1) is 12.6. The molecule has 3 fully saturated rings. The topological polar surface area (TPSA) is 79.5 Å². The quantitative estimate of drug-likeness (QED) is 0.743. The molecule has 2 saturated carbocycles. The zero-order chi connectivity index (χ0) is 18.1. The number of hydrogen-bond acceptors (Lipinski definition) is 5. The molecule has 2 amide bonds. The summed E-state index contributed by atoms with van der Waals surface area (Å²) in [6, 6.07) is 0. The molecule has 7 heteroatoms. The standard InChI is InChI=1S/C19H28N4O3/c1-22(19(25)14-6-7-14)9-8-16-20-18(26-21-16)15-11-23(12-15)17(24)10-13-4-2-3-5-13/h13-15H,2-12H2,1H3. The number of carbonyl (C=O) groups is 2. The summed E-state index contributed by atoms with van der Waals surface area (Å²) in [5.74, 6) is 2.76. The van der Waals surface area contributed by atoms with Gasteiger partial charge in [-0.05, 0) is 31.6 Å². The van der Waals surface area contributed by atoms with Crippen molar-refractivity contribution >= 4 is 11.8 Å². The van der Waals surface area contributed by atoms with Gasteiger partial charge in [0.05, 0.1) is 5.92 Å². The van der Waals surface area contributed by atoms with Crippen LogP contribution in [0.1, 0.15) is 62.6 Å². The molecule has 0 N–H and O–H groups in total. The number of likely N-dealkylation sites (tertiary alicyclic amines) is 1. The highest BCUT2D eigenvalue weighted by Crippen LogP contribution is 2.32. The number of carbonyl (C=O) groups excluding carboxylic acids is 2. The minimum atomic E-state index is 0.162. The number of hydrogen-bond donors (Lipinski definition) is 0. The molecule has 0 spiro atoms. The number of amides is 2. The lowest BCUT2D eigenvalue weighted by Gasteiger charge is -2.37. The van der Waals surface area contributed by atoms with Crippen molar-refractivity contribution in [2.45, 2.75) is 57.3 Å². The van der Waals surface area contributed by atoms with Gasteiger partial charge in [0.25, 0.3) is 0 Å². The van der Waals surface area contributed by atoms with E-state index in [4.69, 9.17) is 4.52 Å². The van der Waals surface area contributed by atoms with Crippen molar-refractivity contribution in [3.8, 4) is 0 Å². The van der Waals surface area contributed by atoms with Gasteiger partial charge in [-0.3, -0.25) is 9.59 Å². The second-order valence-electron chi connectivity index (χ2n) is 8.18. The summed E-state index contributed by atoms with van der Waals surface area (Å²) in [7, 11) is 1.83. The SMILES string of the molecule is CN(CCc1noc(C2CN(C(=O)CC3CCCC3)C2)n1)C(=O)C1CC1. The smallest absolute Gasteiger partial charge is 0.233 e. The third-order valence-electron chi connectivity index (χ3n) is 5.98. The molecule has 0 bridgehead atoms. The molecule has 1 aliphatic heterocycles. The van der Waals surface area contributed by atoms with E-state index in [2.05, 4.69) is 10.1 Å². The van der Waals surface area contributed by atoms with E-state index in [1.807, 2.05) is 11.9 Å². The van der Waals surface area contributed by atoms with E-state index in [-0.39, 0.29) is 23.7 Å². The average molecular weight is 360 g/mol. The Hall–Kier alpha value is -1.92. The molecule has 7 nitrogen and oxygen atoms in total. The highest BCUT2D eigenvalue weighted by atomic mass is 16.5. The fourth-order valence-electron chi connectivity index (χ4n) is 3.98. The number of likely N-dealkylation sites (N-methyl/N-ethyl adjacent to an activating group) is 1. The first-order valence-corrected chi connectivity index (χ1v) is 9.95. The lowest BCUT2D eigenvalue weighted by Crippen LogP contribution is -2.49. The Bertz CT molecular complexity index is 657. The molecule has 2 aliphatic carbocycles. The van der Waals surface area contributed by atoms with E-state index in [1.54, 1.807) is 4.90 Å². The second-order valence-corrected chi connectivity index (χ2v) is 8.18. The maximum Gasteiger partial charge on any atom is 0.233 e. The van der Waals surface area contributed by atoms with Crippen molar-refractivity contribution in [3.05, 3.63) is 11.7 Å². The molecular weight excluding hydrogens is 332 g/mol. The lowest BCUT2D eigenvalue weighted by atomic mass is 9.97. The maximum atomic E-state index is 12.3. The Morgan fingerprint density at radius 1 is 1.19 bits per heavy atom. The number of rotatable bonds is 7. The highest BCUT2D eigenvalue weighted by molar-refractivity contribution is 5.80. The summed E-state index contributed by atoms with van der Waals surface area (Å²) in [5, 5.41) is 4.04. The molecule has 0 atom stereocenters. The first kappa shape index (κ1) is 17.5. The normalized spacial score (nSPS) is 21.0. The van der Waals surface area contributed by atoms with Crippen molar-refractivity contribution in [1.29, 1.82) is 0 Å². The van der Waals surface area contributed by atoms with Crippen LogP contribution in [0, 0.1) is 11.8 Å². The van der Waals surface area contributed by atoms with E-state index in [9.17, 15) is 9.59 Å². The van der Waals surface area contributed by atoms with Gasteiger partial charge in [-0.25, -0.2) is 0 Å². The van der Waals surface area contributed by atoms with E-state index in [0.717, 1.165) is 12.8 Å². The van der Waals surface area contributed by atoms with Crippen molar-refractivity contribution in [2.75, 3.05) is 26.7 Å². The molecular formula is C19H28N4O3. The zero-order valence-corrected chi connectivity index (χ0v) is 15.5. The molecule has 0 unspecified atom stereocenters. The van der Waals surface area contributed by atoms with Crippen LogP contribution >= 0.6 is 0 Å². The molecule has 1 aromatic heterocycles. The molecule has 142 valence electrons. The molecule has 26 heavy (non-hydrogen) atoms.